The molecule has 0 aliphatic rings. The van der Waals surface area contributed by atoms with Crippen molar-refractivity contribution in [2.24, 2.45) is 0 Å². The summed E-state index contributed by atoms with van der Waals surface area (Å²) in [4.78, 5) is 28.0. The van der Waals surface area contributed by atoms with E-state index < -0.39 is 6.04 Å². The molecule has 0 aromatic heterocycles. The van der Waals surface area contributed by atoms with Crippen molar-refractivity contribution in [3.63, 3.8) is 0 Å². The van der Waals surface area contributed by atoms with Crippen molar-refractivity contribution in [2.45, 2.75) is 71.9 Å². The smallest absolute Gasteiger partial charge is 0.242 e. The Morgan fingerprint density at radius 1 is 1.00 bits per heavy atom. The lowest BCUT2D eigenvalue weighted by Gasteiger charge is -2.31. The Morgan fingerprint density at radius 3 is 2.34 bits per heavy atom. The topological polar surface area (TPSA) is 58.6 Å². The molecule has 0 heterocycles. The minimum Gasteiger partial charge on any atom is -0.497 e. The highest BCUT2D eigenvalue weighted by atomic mass is 16.5. The van der Waals surface area contributed by atoms with E-state index in [1.165, 1.54) is 5.56 Å². The summed E-state index contributed by atoms with van der Waals surface area (Å²) in [5.41, 5.74) is 3.37. The van der Waals surface area contributed by atoms with E-state index in [0.717, 1.165) is 36.1 Å². The predicted molar refractivity (Wildman–Crippen MR) is 130 cm³/mol. The summed E-state index contributed by atoms with van der Waals surface area (Å²) in [6, 6.07) is 15.6. The highest BCUT2D eigenvalue weighted by Crippen LogP contribution is 2.19. The first-order chi connectivity index (χ1) is 15.5. The molecule has 0 radical (unpaired) electrons. The average molecular weight is 439 g/mol. The Hall–Kier alpha value is -2.82. The lowest BCUT2D eigenvalue weighted by Crippen LogP contribution is -2.49. The summed E-state index contributed by atoms with van der Waals surface area (Å²) >= 11 is 0. The fraction of sp³-hybridized carbons (Fsp3) is 0.481. The predicted octanol–water partition coefficient (Wildman–Crippen LogP) is 4.91. The lowest BCUT2D eigenvalue weighted by atomic mass is 10.0. The molecule has 5 nitrogen and oxygen atoms in total. The van der Waals surface area contributed by atoms with Crippen molar-refractivity contribution in [3.05, 3.63) is 65.2 Å². The van der Waals surface area contributed by atoms with Gasteiger partial charge in [0.05, 0.1) is 7.11 Å². The largest absolute Gasteiger partial charge is 0.497 e. The van der Waals surface area contributed by atoms with E-state index in [1.807, 2.05) is 31.2 Å². The van der Waals surface area contributed by atoms with Crippen LogP contribution in [0.3, 0.4) is 0 Å². The van der Waals surface area contributed by atoms with Gasteiger partial charge in [-0.05, 0) is 54.5 Å². The van der Waals surface area contributed by atoms with Crippen molar-refractivity contribution in [1.29, 1.82) is 0 Å². The SMILES string of the molecule is CCCCNC(=O)[C@H](CC)N(Cc1cccc(OC)c1)C(=O)CCc1ccc(CC)cc1. The van der Waals surface area contributed by atoms with E-state index in [0.29, 0.717) is 32.4 Å². The average Bonchev–Trinajstić information content (AvgIpc) is 2.83. The molecule has 174 valence electrons. The lowest BCUT2D eigenvalue weighted by molar-refractivity contribution is -0.141. The van der Waals surface area contributed by atoms with E-state index in [-0.39, 0.29) is 11.8 Å². The van der Waals surface area contributed by atoms with Gasteiger partial charge in [0.25, 0.3) is 0 Å². The molecule has 0 saturated heterocycles. The number of benzene rings is 2. The van der Waals surface area contributed by atoms with Crippen molar-refractivity contribution >= 4 is 11.8 Å². The van der Waals surface area contributed by atoms with Gasteiger partial charge in [0.1, 0.15) is 11.8 Å². The number of amides is 2. The maximum Gasteiger partial charge on any atom is 0.242 e. The van der Waals surface area contributed by atoms with E-state index in [2.05, 4.69) is 43.4 Å². The van der Waals surface area contributed by atoms with Gasteiger partial charge in [0.15, 0.2) is 0 Å². The van der Waals surface area contributed by atoms with Crippen LogP contribution >= 0.6 is 0 Å². The standard InChI is InChI=1S/C27H38N2O3/c1-5-8-18-28-27(31)25(7-3)29(20-23-10-9-11-24(19-23)32-4)26(30)17-16-22-14-12-21(6-2)13-15-22/h9-15,19,25H,5-8,16-18,20H2,1-4H3,(H,28,31)/t25-/m0/s1. The summed E-state index contributed by atoms with van der Waals surface area (Å²) in [5, 5.41) is 3.01. The molecule has 0 unspecified atom stereocenters. The van der Waals surface area contributed by atoms with Crippen LogP contribution in [0, 0.1) is 0 Å². The summed E-state index contributed by atoms with van der Waals surface area (Å²) < 4.78 is 5.34. The van der Waals surface area contributed by atoms with Gasteiger partial charge in [-0.25, -0.2) is 0 Å². The zero-order valence-corrected chi connectivity index (χ0v) is 20.0. The minimum atomic E-state index is -0.493. The number of hydrogen-bond acceptors (Lipinski definition) is 3. The second-order valence-corrected chi connectivity index (χ2v) is 8.11. The van der Waals surface area contributed by atoms with Crippen LogP contribution in [0.1, 0.15) is 63.1 Å². The first-order valence-corrected chi connectivity index (χ1v) is 11.8. The Bertz CT molecular complexity index is 848. The van der Waals surface area contributed by atoms with Gasteiger partial charge in [-0.1, -0.05) is 63.6 Å². The molecule has 0 aliphatic heterocycles. The van der Waals surface area contributed by atoms with E-state index in [1.54, 1.807) is 12.0 Å². The highest BCUT2D eigenvalue weighted by molar-refractivity contribution is 5.87. The molecule has 0 fully saturated rings. The monoisotopic (exact) mass is 438 g/mol. The summed E-state index contributed by atoms with van der Waals surface area (Å²) in [6.07, 6.45) is 4.54. The molecular formula is C27H38N2O3. The molecule has 32 heavy (non-hydrogen) atoms. The van der Waals surface area contributed by atoms with Crippen molar-refractivity contribution in [2.75, 3.05) is 13.7 Å². The first-order valence-electron chi connectivity index (χ1n) is 11.8. The molecule has 0 bridgehead atoms. The highest BCUT2D eigenvalue weighted by Gasteiger charge is 2.28. The number of carbonyl (C=O) groups is 2. The number of ether oxygens (including phenoxy) is 1. The van der Waals surface area contributed by atoms with E-state index >= 15 is 0 Å². The normalized spacial score (nSPS) is 11.6. The van der Waals surface area contributed by atoms with Gasteiger partial charge in [-0.15, -0.1) is 0 Å². The van der Waals surface area contributed by atoms with Crippen LogP contribution in [0.15, 0.2) is 48.5 Å². The Kier molecular flexibility index (Phi) is 10.8. The fourth-order valence-corrected chi connectivity index (χ4v) is 3.73. The van der Waals surface area contributed by atoms with Gasteiger partial charge in [0.2, 0.25) is 11.8 Å². The van der Waals surface area contributed by atoms with Crippen LogP contribution < -0.4 is 10.1 Å². The molecular weight excluding hydrogens is 400 g/mol. The van der Waals surface area contributed by atoms with Crippen LogP contribution in [0.2, 0.25) is 0 Å². The maximum absolute atomic E-state index is 13.3. The molecule has 2 aromatic carbocycles. The third-order valence-electron chi connectivity index (χ3n) is 5.76. The van der Waals surface area contributed by atoms with E-state index in [9.17, 15) is 9.59 Å². The first kappa shape index (κ1) is 25.4. The molecule has 0 saturated carbocycles. The van der Waals surface area contributed by atoms with Gasteiger partial charge in [-0.2, -0.15) is 0 Å². The van der Waals surface area contributed by atoms with Gasteiger partial charge >= 0.3 is 0 Å². The van der Waals surface area contributed by atoms with E-state index in [4.69, 9.17) is 4.74 Å². The molecule has 0 aliphatic carbocycles. The molecule has 2 rings (SSSR count). The summed E-state index contributed by atoms with van der Waals surface area (Å²) in [6.45, 7) is 7.20. The third-order valence-corrected chi connectivity index (χ3v) is 5.76. The summed E-state index contributed by atoms with van der Waals surface area (Å²) in [5.74, 6) is 0.653. The number of nitrogens with one attached hydrogen (secondary N) is 1. The van der Waals surface area contributed by atoms with Crippen LogP contribution in [0.5, 0.6) is 5.75 Å². The molecule has 2 amide bonds. The number of carbonyl (C=O) groups excluding carboxylic acids is 2. The third kappa shape index (κ3) is 7.70. The number of nitrogens with zero attached hydrogens (tertiary/aromatic N) is 1. The number of aryl methyl sites for hydroxylation is 2. The number of rotatable bonds is 13. The zero-order chi connectivity index (χ0) is 23.3. The minimum absolute atomic E-state index is 0.00937. The second kappa shape index (κ2) is 13.6. The number of unbranched alkanes of at least 4 members (excludes halogenated alkanes) is 1. The van der Waals surface area contributed by atoms with Crippen LogP contribution in [-0.4, -0.2) is 36.4 Å². The molecule has 1 atom stereocenters. The zero-order valence-electron chi connectivity index (χ0n) is 20.0. The van der Waals surface area contributed by atoms with Crippen LogP contribution in [-0.2, 0) is 29.0 Å². The Morgan fingerprint density at radius 2 is 1.72 bits per heavy atom. The number of hydrogen-bond donors (Lipinski definition) is 1. The summed E-state index contributed by atoms with van der Waals surface area (Å²) in [7, 11) is 1.63. The molecule has 2 aromatic rings. The quantitative estimate of drug-likeness (QED) is 0.452. The second-order valence-electron chi connectivity index (χ2n) is 8.11. The van der Waals surface area contributed by atoms with Gasteiger partial charge < -0.3 is 15.0 Å². The van der Waals surface area contributed by atoms with Crippen molar-refractivity contribution in [3.8, 4) is 5.75 Å². The Labute approximate surface area is 193 Å². The maximum atomic E-state index is 13.3. The molecule has 1 N–H and O–H groups in total. The molecule has 5 heteroatoms. The molecule has 0 spiro atoms. The fourth-order valence-electron chi connectivity index (χ4n) is 3.73. The number of methoxy groups -OCH3 is 1. The van der Waals surface area contributed by atoms with Crippen molar-refractivity contribution in [1.82, 2.24) is 10.2 Å². The Balaban J connectivity index is 2.17. The van der Waals surface area contributed by atoms with Crippen LogP contribution in [0.4, 0.5) is 0 Å². The van der Waals surface area contributed by atoms with Gasteiger partial charge in [-0.3, -0.25) is 9.59 Å². The van der Waals surface area contributed by atoms with Crippen LogP contribution in [0.25, 0.3) is 0 Å². The van der Waals surface area contributed by atoms with Crippen molar-refractivity contribution < 1.29 is 14.3 Å². The van der Waals surface area contributed by atoms with Gasteiger partial charge in [0, 0.05) is 19.5 Å².